The van der Waals surface area contributed by atoms with Gasteiger partial charge in [-0.05, 0) is 32.9 Å². The molecule has 0 bridgehead atoms. The van der Waals surface area contributed by atoms with E-state index in [-0.39, 0.29) is 18.5 Å². The number of hydrogen-bond donors (Lipinski definition) is 2. The van der Waals surface area contributed by atoms with Crippen molar-refractivity contribution >= 4 is 16.2 Å². The molecule has 0 aromatic carbocycles. The Morgan fingerprint density at radius 1 is 1.43 bits per heavy atom. The van der Waals surface area contributed by atoms with Crippen molar-refractivity contribution in [3.8, 4) is 0 Å². The van der Waals surface area contributed by atoms with Gasteiger partial charge in [0.1, 0.15) is 0 Å². The van der Waals surface area contributed by atoms with Gasteiger partial charge in [-0.25, -0.2) is 0 Å². The number of carboxylic acid groups (broad SMARTS) is 1. The van der Waals surface area contributed by atoms with Gasteiger partial charge in [0, 0.05) is 25.7 Å². The molecule has 7 nitrogen and oxygen atoms in total. The highest BCUT2D eigenvalue weighted by Gasteiger charge is 2.33. The molecule has 0 saturated carbocycles. The summed E-state index contributed by atoms with van der Waals surface area (Å²) < 4.78 is 28.9. The van der Waals surface area contributed by atoms with Crippen LogP contribution in [-0.4, -0.2) is 68.5 Å². The van der Waals surface area contributed by atoms with Crippen LogP contribution in [0.1, 0.15) is 26.7 Å². The molecule has 2 atom stereocenters. The first-order chi connectivity index (χ1) is 9.63. The molecule has 0 amide bonds. The van der Waals surface area contributed by atoms with E-state index < -0.39 is 22.1 Å². The zero-order valence-electron chi connectivity index (χ0n) is 13.2. The predicted octanol–water partition coefficient (Wildman–Crippen LogP) is 0.204. The van der Waals surface area contributed by atoms with Crippen LogP contribution in [0.4, 0.5) is 0 Å². The molecule has 0 aliphatic carbocycles. The molecule has 1 heterocycles. The molecule has 21 heavy (non-hydrogen) atoms. The molecule has 124 valence electrons. The molecule has 1 rings (SSSR count). The molecule has 0 radical (unpaired) electrons. The second kappa shape index (κ2) is 7.53. The lowest BCUT2D eigenvalue weighted by Gasteiger charge is -2.33. The minimum absolute atomic E-state index is 0.0530. The number of likely N-dealkylation sites (N-methyl/N-ethyl adjacent to an activating group) is 1. The standard InChI is InChI=1S/C13H27N3O4S/c1-10(2)12(9-15(3)4)14-21(19,20)16-7-5-6-11(8-16)13(17)18/h10-12,14H,5-9H2,1-4H3,(H,17,18). The lowest BCUT2D eigenvalue weighted by Crippen LogP contribution is -2.53. The molecular formula is C13H27N3O4S. The Morgan fingerprint density at radius 3 is 2.52 bits per heavy atom. The summed E-state index contributed by atoms with van der Waals surface area (Å²) in [6, 6.07) is -0.199. The highest BCUT2D eigenvalue weighted by molar-refractivity contribution is 7.87. The van der Waals surface area contributed by atoms with Gasteiger partial charge in [-0.1, -0.05) is 13.8 Å². The summed E-state index contributed by atoms with van der Waals surface area (Å²) in [5, 5.41) is 9.06. The maximum absolute atomic E-state index is 12.5. The van der Waals surface area contributed by atoms with Crippen LogP contribution in [0.5, 0.6) is 0 Å². The monoisotopic (exact) mass is 321 g/mol. The van der Waals surface area contributed by atoms with Gasteiger partial charge in [0.05, 0.1) is 5.92 Å². The predicted molar refractivity (Wildman–Crippen MR) is 81.2 cm³/mol. The number of rotatable bonds is 7. The zero-order valence-corrected chi connectivity index (χ0v) is 14.1. The summed E-state index contributed by atoms with van der Waals surface area (Å²) in [5.74, 6) is -1.38. The number of carboxylic acids is 1. The fourth-order valence-electron chi connectivity index (χ4n) is 2.41. The molecule has 0 aromatic heterocycles. The van der Waals surface area contributed by atoms with Crippen LogP contribution in [-0.2, 0) is 15.0 Å². The van der Waals surface area contributed by atoms with Crippen molar-refractivity contribution in [1.82, 2.24) is 13.9 Å². The molecule has 8 heteroatoms. The summed E-state index contributed by atoms with van der Waals surface area (Å²) in [7, 11) is 0.141. The van der Waals surface area contributed by atoms with Crippen molar-refractivity contribution in [2.24, 2.45) is 11.8 Å². The minimum atomic E-state index is -3.65. The summed E-state index contributed by atoms with van der Waals surface area (Å²) in [4.78, 5) is 13.0. The van der Waals surface area contributed by atoms with E-state index in [1.165, 1.54) is 4.31 Å². The summed E-state index contributed by atoms with van der Waals surface area (Å²) in [6.45, 7) is 4.97. The topological polar surface area (TPSA) is 90.0 Å². The van der Waals surface area contributed by atoms with E-state index in [0.29, 0.717) is 25.9 Å². The fourth-order valence-corrected chi connectivity index (χ4v) is 4.03. The molecule has 1 aliphatic heterocycles. The quantitative estimate of drug-likeness (QED) is 0.699. The van der Waals surface area contributed by atoms with E-state index in [0.717, 1.165) is 0 Å². The van der Waals surface area contributed by atoms with Crippen molar-refractivity contribution < 1.29 is 18.3 Å². The first kappa shape index (κ1) is 18.3. The largest absolute Gasteiger partial charge is 0.481 e. The lowest BCUT2D eigenvalue weighted by molar-refractivity contribution is -0.142. The van der Waals surface area contributed by atoms with Crippen molar-refractivity contribution in [2.75, 3.05) is 33.7 Å². The number of carbonyl (C=O) groups is 1. The molecule has 0 spiro atoms. The van der Waals surface area contributed by atoms with E-state index in [9.17, 15) is 13.2 Å². The number of aliphatic carboxylic acids is 1. The van der Waals surface area contributed by atoms with Crippen molar-refractivity contribution in [3.63, 3.8) is 0 Å². The van der Waals surface area contributed by atoms with E-state index in [2.05, 4.69) is 4.72 Å². The average molecular weight is 321 g/mol. The highest BCUT2D eigenvalue weighted by Crippen LogP contribution is 2.19. The smallest absolute Gasteiger partial charge is 0.307 e. The Morgan fingerprint density at radius 2 is 2.05 bits per heavy atom. The number of hydrogen-bond acceptors (Lipinski definition) is 4. The van der Waals surface area contributed by atoms with E-state index >= 15 is 0 Å². The van der Waals surface area contributed by atoms with Gasteiger partial charge in [0.2, 0.25) is 0 Å². The Bertz CT molecular complexity index is 450. The number of nitrogens with one attached hydrogen (secondary N) is 1. The van der Waals surface area contributed by atoms with E-state index in [4.69, 9.17) is 5.11 Å². The van der Waals surface area contributed by atoms with Crippen LogP contribution in [0.25, 0.3) is 0 Å². The summed E-state index contributed by atoms with van der Waals surface area (Å²) in [5.41, 5.74) is 0. The molecule has 0 aromatic rings. The van der Waals surface area contributed by atoms with Crippen molar-refractivity contribution in [1.29, 1.82) is 0 Å². The third-order valence-corrected chi connectivity index (χ3v) is 5.35. The van der Waals surface area contributed by atoms with Crippen LogP contribution < -0.4 is 4.72 Å². The Kier molecular flexibility index (Phi) is 6.58. The normalized spacial score (nSPS) is 22.7. The Labute approximate surface area is 127 Å². The maximum atomic E-state index is 12.5. The van der Waals surface area contributed by atoms with Crippen molar-refractivity contribution in [2.45, 2.75) is 32.7 Å². The van der Waals surface area contributed by atoms with Gasteiger partial charge >= 0.3 is 5.97 Å². The van der Waals surface area contributed by atoms with Gasteiger partial charge in [0.25, 0.3) is 10.2 Å². The molecule has 2 unspecified atom stereocenters. The molecule has 1 aliphatic rings. The number of nitrogens with zero attached hydrogens (tertiary/aromatic N) is 2. The Balaban J connectivity index is 2.77. The van der Waals surface area contributed by atoms with Crippen LogP contribution >= 0.6 is 0 Å². The maximum Gasteiger partial charge on any atom is 0.307 e. The molecule has 1 fully saturated rings. The third-order valence-electron chi connectivity index (χ3n) is 3.74. The molecule has 1 saturated heterocycles. The fraction of sp³-hybridized carbons (Fsp3) is 0.923. The van der Waals surface area contributed by atoms with Crippen LogP contribution in [0.3, 0.4) is 0 Å². The third kappa shape index (κ3) is 5.54. The van der Waals surface area contributed by atoms with Crippen LogP contribution in [0.15, 0.2) is 0 Å². The van der Waals surface area contributed by atoms with E-state index in [1.54, 1.807) is 0 Å². The first-order valence-electron chi connectivity index (χ1n) is 7.28. The van der Waals surface area contributed by atoms with E-state index in [1.807, 2.05) is 32.8 Å². The van der Waals surface area contributed by atoms with Gasteiger partial charge in [-0.2, -0.15) is 17.4 Å². The summed E-state index contributed by atoms with van der Waals surface area (Å²) in [6.07, 6.45) is 1.12. The Hall–Kier alpha value is -0.700. The second-order valence-corrected chi connectivity index (χ2v) is 7.97. The van der Waals surface area contributed by atoms with Crippen LogP contribution in [0.2, 0.25) is 0 Å². The SMILES string of the molecule is CC(C)C(CN(C)C)NS(=O)(=O)N1CCCC(C(=O)O)C1. The van der Waals surface area contributed by atoms with Gasteiger partial charge in [-0.15, -0.1) is 0 Å². The average Bonchev–Trinajstić information content (AvgIpc) is 2.37. The van der Waals surface area contributed by atoms with Crippen molar-refractivity contribution in [3.05, 3.63) is 0 Å². The van der Waals surface area contributed by atoms with Gasteiger partial charge in [-0.3, -0.25) is 4.79 Å². The van der Waals surface area contributed by atoms with Gasteiger partial charge in [0.15, 0.2) is 0 Å². The first-order valence-corrected chi connectivity index (χ1v) is 8.72. The highest BCUT2D eigenvalue weighted by atomic mass is 32.2. The van der Waals surface area contributed by atoms with Crippen LogP contribution in [0, 0.1) is 11.8 Å². The zero-order chi connectivity index (χ0) is 16.2. The van der Waals surface area contributed by atoms with Gasteiger partial charge < -0.3 is 10.0 Å². The molecular weight excluding hydrogens is 294 g/mol. The number of piperidine rings is 1. The summed E-state index contributed by atoms with van der Waals surface area (Å²) >= 11 is 0. The molecule has 2 N–H and O–H groups in total. The lowest BCUT2D eigenvalue weighted by atomic mass is 10.0. The minimum Gasteiger partial charge on any atom is -0.481 e. The second-order valence-electron chi connectivity index (χ2n) is 6.27.